The Bertz CT molecular complexity index is 1410. The maximum Gasteiger partial charge on any atom is 0.222 e. The molecule has 9 heteroatoms. The van der Waals surface area contributed by atoms with E-state index in [1.165, 1.54) is 16.7 Å². The lowest BCUT2D eigenvalue weighted by Crippen LogP contribution is -2.14. The number of nitrogens with zero attached hydrogens (tertiary/aromatic N) is 2. The van der Waals surface area contributed by atoms with Crippen molar-refractivity contribution >= 4 is 16.6 Å². The van der Waals surface area contributed by atoms with Crippen LogP contribution in [0.1, 0.15) is 11.1 Å². The van der Waals surface area contributed by atoms with Gasteiger partial charge in [0, 0.05) is 16.5 Å². The van der Waals surface area contributed by atoms with Gasteiger partial charge >= 0.3 is 0 Å². The lowest BCUT2D eigenvalue weighted by atomic mass is 10.0. The first-order chi connectivity index (χ1) is 16.5. The summed E-state index contributed by atoms with van der Waals surface area (Å²) < 4.78 is 37.4. The average Bonchev–Trinajstić information content (AvgIpc) is 3.13. The van der Waals surface area contributed by atoms with Gasteiger partial charge < -0.3 is 28.6 Å². The molecule has 34 heavy (non-hydrogen) atoms. The molecule has 1 N–H and O–H groups in total. The number of benzene rings is 3. The first kappa shape index (κ1) is 21.7. The van der Waals surface area contributed by atoms with E-state index in [-0.39, 0.29) is 31.5 Å². The number of rotatable bonds is 6. The Labute approximate surface area is 194 Å². The van der Waals surface area contributed by atoms with Crippen molar-refractivity contribution in [1.82, 2.24) is 4.57 Å². The number of methoxy groups -OCH3 is 2. The van der Waals surface area contributed by atoms with Crippen LogP contribution >= 0.6 is 0 Å². The van der Waals surface area contributed by atoms with E-state index in [0.717, 1.165) is 11.1 Å². The number of aromatic hydroxyl groups is 1. The molecule has 8 nitrogen and oxygen atoms in total. The van der Waals surface area contributed by atoms with Crippen LogP contribution < -0.4 is 14.2 Å². The molecule has 0 fully saturated rings. The second-order valence-electron chi connectivity index (χ2n) is 7.82. The Kier molecular flexibility index (Phi) is 5.54. The van der Waals surface area contributed by atoms with Gasteiger partial charge in [-0.2, -0.15) is 0 Å². The predicted molar refractivity (Wildman–Crippen MR) is 123 cm³/mol. The minimum absolute atomic E-state index is 0.0502. The Morgan fingerprint density at radius 2 is 1.82 bits per heavy atom. The summed E-state index contributed by atoms with van der Waals surface area (Å²) in [7, 11) is 3.12. The zero-order valence-electron chi connectivity index (χ0n) is 18.5. The van der Waals surface area contributed by atoms with Crippen molar-refractivity contribution in [2.45, 2.75) is 13.2 Å². The van der Waals surface area contributed by atoms with Gasteiger partial charge in [0.2, 0.25) is 5.88 Å². The van der Waals surface area contributed by atoms with Gasteiger partial charge in [-0.25, -0.2) is 4.39 Å². The van der Waals surface area contributed by atoms with Gasteiger partial charge in [0.05, 0.1) is 32.9 Å². The monoisotopic (exact) mass is 464 g/mol. The highest BCUT2D eigenvalue weighted by molar-refractivity contribution is 5.97. The molecule has 5 rings (SSSR count). The first-order valence-electron chi connectivity index (χ1n) is 10.5. The Hall–Kier alpha value is -4.11. The number of hydrogen-bond acceptors (Lipinski definition) is 7. The van der Waals surface area contributed by atoms with Gasteiger partial charge in [0.1, 0.15) is 11.6 Å². The Balaban J connectivity index is 1.65. The summed E-state index contributed by atoms with van der Waals surface area (Å²) in [6, 6.07) is 13.6. The highest BCUT2D eigenvalue weighted by Gasteiger charge is 2.22. The summed E-state index contributed by atoms with van der Waals surface area (Å²) >= 11 is 0. The van der Waals surface area contributed by atoms with Crippen LogP contribution in [0.3, 0.4) is 0 Å². The quantitative estimate of drug-likeness (QED) is 0.380. The van der Waals surface area contributed by atoms with Crippen molar-refractivity contribution in [3.8, 4) is 34.3 Å². The lowest BCUT2D eigenvalue weighted by Gasteiger charge is -2.21. The third kappa shape index (κ3) is 3.60. The molecule has 1 aliphatic rings. The number of fused-ring (bicyclic) bond motifs is 2. The summed E-state index contributed by atoms with van der Waals surface area (Å²) in [5, 5.41) is 14.3. The Morgan fingerprint density at radius 3 is 2.59 bits per heavy atom. The molecule has 0 saturated heterocycles. The van der Waals surface area contributed by atoms with E-state index in [0.29, 0.717) is 39.3 Å². The summed E-state index contributed by atoms with van der Waals surface area (Å²) in [4.78, 5) is 11.5. The molecule has 1 aromatic heterocycles. The fraction of sp³-hybridized carbons (Fsp3) is 0.200. The molecule has 0 amide bonds. The van der Waals surface area contributed by atoms with E-state index in [1.807, 2.05) is 24.3 Å². The average molecular weight is 464 g/mol. The van der Waals surface area contributed by atoms with E-state index < -0.39 is 5.82 Å². The smallest absolute Gasteiger partial charge is 0.222 e. The molecule has 3 aromatic carbocycles. The minimum Gasteiger partial charge on any atom is -0.493 e. The van der Waals surface area contributed by atoms with Crippen molar-refractivity contribution in [2.24, 2.45) is 5.18 Å². The van der Waals surface area contributed by atoms with Crippen LogP contribution in [0.15, 0.2) is 53.7 Å². The summed E-state index contributed by atoms with van der Waals surface area (Å²) in [5.74, 6) is 0.920. The first-order valence-corrected chi connectivity index (χ1v) is 10.5. The molecule has 0 bridgehead atoms. The molecular weight excluding hydrogens is 443 g/mol. The standard InChI is InChI=1S/C25H21FN2O6/c1-31-21-6-4-15(10-22(21)32-2)14-3-5-19-20(9-14)28(25(29)23(19)27-30)11-16-7-18(26)8-17-12-33-13-34-24(16)17/h3-10,29H,11-13H2,1-2H3. The topological polar surface area (TPSA) is 91.5 Å². The molecule has 0 saturated carbocycles. The van der Waals surface area contributed by atoms with Crippen LogP contribution in [0.4, 0.5) is 10.1 Å². The molecule has 2 heterocycles. The second kappa shape index (κ2) is 8.68. The fourth-order valence-electron chi connectivity index (χ4n) is 4.31. The number of ether oxygens (including phenoxy) is 4. The van der Waals surface area contributed by atoms with Crippen molar-refractivity contribution in [3.05, 3.63) is 70.4 Å². The van der Waals surface area contributed by atoms with E-state index in [2.05, 4.69) is 5.18 Å². The normalized spacial score (nSPS) is 12.8. The van der Waals surface area contributed by atoms with Crippen LogP contribution in [0, 0.1) is 10.7 Å². The highest BCUT2D eigenvalue weighted by Crippen LogP contribution is 2.42. The van der Waals surface area contributed by atoms with Crippen LogP contribution in [0.25, 0.3) is 22.0 Å². The molecule has 174 valence electrons. The Morgan fingerprint density at radius 1 is 1.06 bits per heavy atom. The predicted octanol–water partition coefficient (Wildman–Crippen LogP) is 5.48. The van der Waals surface area contributed by atoms with Gasteiger partial charge in [-0.05, 0) is 52.7 Å². The second-order valence-corrected chi connectivity index (χ2v) is 7.82. The van der Waals surface area contributed by atoms with Crippen LogP contribution in [0.5, 0.6) is 23.1 Å². The maximum absolute atomic E-state index is 14.3. The molecule has 4 aromatic rings. The number of halogens is 1. The van der Waals surface area contributed by atoms with Gasteiger partial charge in [0.25, 0.3) is 0 Å². The molecule has 0 radical (unpaired) electrons. The molecule has 0 unspecified atom stereocenters. The SMILES string of the molecule is COc1ccc(-c2ccc3c(N=O)c(O)n(Cc4cc(F)cc5c4OCOC5)c3c2)cc1OC. The third-order valence-electron chi connectivity index (χ3n) is 5.90. The van der Waals surface area contributed by atoms with Gasteiger partial charge in [-0.15, -0.1) is 4.91 Å². The molecule has 0 aliphatic carbocycles. The van der Waals surface area contributed by atoms with Crippen LogP contribution in [-0.2, 0) is 17.9 Å². The maximum atomic E-state index is 14.3. The van der Waals surface area contributed by atoms with Gasteiger partial charge in [0.15, 0.2) is 24.0 Å². The summed E-state index contributed by atoms with van der Waals surface area (Å²) in [5.41, 5.74) is 3.23. The van der Waals surface area contributed by atoms with Crippen molar-refractivity contribution in [3.63, 3.8) is 0 Å². The molecule has 1 aliphatic heterocycles. The number of hydrogen-bond donors (Lipinski definition) is 1. The van der Waals surface area contributed by atoms with Crippen LogP contribution in [0.2, 0.25) is 0 Å². The molecule has 0 spiro atoms. The summed E-state index contributed by atoms with van der Waals surface area (Å²) in [6.07, 6.45) is 0. The summed E-state index contributed by atoms with van der Waals surface area (Å²) in [6.45, 7) is 0.338. The fourth-order valence-corrected chi connectivity index (χ4v) is 4.31. The number of nitroso groups, excluding NO2 is 1. The number of aromatic nitrogens is 1. The minimum atomic E-state index is -0.446. The zero-order valence-corrected chi connectivity index (χ0v) is 18.5. The third-order valence-corrected chi connectivity index (χ3v) is 5.90. The largest absolute Gasteiger partial charge is 0.493 e. The van der Waals surface area contributed by atoms with E-state index >= 15 is 0 Å². The van der Waals surface area contributed by atoms with Crippen LogP contribution in [-0.4, -0.2) is 30.7 Å². The zero-order chi connectivity index (χ0) is 23.8. The van der Waals surface area contributed by atoms with Gasteiger partial charge in [-0.1, -0.05) is 12.1 Å². The van der Waals surface area contributed by atoms with E-state index in [1.54, 1.807) is 26.4 Å². The molecular formula is C25H21FN2O6. The van der Waals surface area contributed by atoms with Crippen molar-refractivity contribution in [2.75, 3.05) is 21.0 Å². The van der Waals surface area contributed by atoms with Crippen molar-refractivity contribution < 1.29 is 28.4 Å². The van der Waals surface area contributed by atoms with E-state index in [9.17, 15) is 14.4 Å². The molecule has 0 atom stereocenters. The van der Waals surface area contributed by atoms with E-state index in [4.69, 9.17) is 18.9 Å². The van der Waals surface area contributed by atoms with Gasteiger partial charge in [-0.3, -0.25) is 0 Å². The highest BCUT2D eigenvalue weighted by atomic mass is 19.1. The van der Waals surface area contributed by atoms with Crippen molar-refractivity contribution in [1.29, 1.82) is 0 Å². The lowest BCUT2D eigenvalue weighted by molar-refractivity contribution is -0.0173.